The molecule has 1 heterocycles. The molecule has 1 saturated heterocycles. The minimum Gasteiger partial charge on any atom is -0.378 e. The Hall–Kier alpha value is -1.10. The predicted octanol–water partition coefficient (Wildman–Crippen LogP) is 1.13. The second-order valence-corrected chi connectivity index (χ2v) is 4.11. The molecule has 1 aliphatic heterocycles. The quantitative estimate of drug-likeness (QED) is 0.832. The molecule has 4 nitrogen and oxygen atoms in total. The van der Waals surface area contributed by atoms with E-state index in [1.807, 2.05) is 14.1 Å². The van der Waals surface area contributed by atoms with E-state index in [-0.39, 0.29) is 12.4 Å². The third-order valence-electron chi connectivity index (χ3n) is 2.72. The van der Waals surface area contributed by atoms with E-state index in [9.17, 15) is 0 Å². The van der Waals surface area contributed by atoms with Crippen LogP contribution in [0.25, 0.3) is 0 Å². The Balaban J connectivity index is 2.05. The SMILES string of the molecule is CN(C)c1ccc(C2COC(CN)O2)cc1. The molecule has 2 unspecified atom stereocenters. The summed E-state index contributed by atoms with van der Waals surface area (Å²) in [5, 5.41) is 0. The summed E-state index contributed by atoms with van der Waals surface area (Å²) in [4.78, 5) is 2.07. The highest BCUT2D eigenvalue weighted by Gasteiger charge is 2.25. The summed E-state index contributed by atoms with van der Waals surface area (Å²) in [6, 6.07) is 8.30. The van der Waals surface area contributed by atoms with Crippen molar-refractivity contribution in [3.05, 3.63) is 29.8 Å². The van der Waals surface area contributed by atoms with Crippen LogP contribution < -0.4 is 10.6 Å². The molecule has 2 atom stereocenters. The summed E-state index contributed by atoms with van der Waals surface area (Å²) in [5.74, 6) is 0. The summed E-state index contributed by atoms with van der Waals surface area (Å²) in [6.07, 6.45) is -0.233. The van der Waals surface area contributed by atoms with Crippen LogP contribution in [-0.2, 0) is 9.47 Å². The van der Waals surface area contributed by atoms with Gasteiger partial charge in [0.25, 0.3) is 0 Å². The van der Waals surface area contributed by atoms with E-state index in [1.54, 1.807) is 0 Å². The molecule has 1 fully saturated rings. The molecular weight excluding hydrogens is 204 g/mol. The van der Waals surface area contributed by atoms with Crippen molar-refractivity contribution < 1.29 is 9.47 Å². The average molecular weight is 222 g/mol. The number of hydrogen-bond acceptors (Lipinski definition) is 4. The lowest BCUT2D eigenvalue weighted by Gasteiger charge is -2.14. The first-order chi connectivity index (χ1) is 7.70. The van der Waals surface area contributed by atoms with Gasteiger partial charge in [0.05, 0.1) is 6.61 Å². The lowest BCUT2D eigenvalue weighted by molar-refractivity contribution is -0.0497. The van der Waals surface area contributed by atoms with E-state index in [0.717, 1.165) is 5.56 Å². The molecule has 4 heteroatoms. The molecule has 0 bridgehead atoms. The second-order valence-electron chi connectivity index (χ2n) is 4.11. The lowest BCUT2D eigenvalue weighted by atomic mass is 10.1. The zero-order valence-electron chi connectivity index (χ0n) is 9.72. The topological polar surface area (TPSA) is 47.7 Å². The van der Waals surface area contributed by atoms with Crippen LogP contribution in [0.4, 0.5) is 5.69 Å². The van der Waals surface area contributed by atoms with Crippen molar-refractivity contribution in [1.82, 2.24) is 0 Å². The first-order valence-electron chi connectivity index (χ1n) is 5.45. The van der Waals surface area contributed by atoms with Crippen molar-refractivity contribution >= 4 is 5.69 Å². The molecule has 0 radical (unpaired) electrons. The number of nitrogens with zero attached hydrogens (tertiary/aromatic N) is 1. The van der Waals surface area contributed by atoms with Crippen molar-refractivity contribution in [1.29, 1.82) is 0 Å². The molecule has 0 aliphatic carbocycles. The number of anilines is 1. The number of ether oxygens (including phenoxy) is 2. The Morgan fingerprint density at radius 3 is 2.50 bits per heavy atom. The Morgan fingerprint density at radius 2 is 2.00 bits per heavy atom. The first-order valence-corrected chi connectivity index (χ1v) is 5.45. The van der Waals surface area contributed by atoms with E-state index in [0.29, 0.717) is 13.2 Å². The van der Waals surface area contributed by atoms with E-state index in [4.69, 9.17) is 15.2 Å². The maximum atomic E-state index is 5.64. The number of benzene rings is 1. The molecule has 0 saturated carbocycles. The minimum atomic E-state index is -0.251. The normalized spacial score (nSPS) is 24.7. The van der Waals surface area contributed by atoms with Crippen molar-refractivity contribution in [3.8, 4) is 0 Å². The number of rotatable bonds is 3. The molecule has 0 aromatic heterocycles. The molecule has 1 aromatic rings. The molecule has 16 heavy (non-hydrogen) atoms. The Bertz CT molecular complexity index is 337. The fourth-order valence-corrected chi connectivity index (χ4v) is 1.74. The molecule has 88 valence electrons. The van der Waals surface area contributed by atoms with Crippen molar-refractivity contribution in [2.75, 3.05) is 32.1 Å². The fraction of sp³-hybridized carbons (Fsp3) is 0.500. The smallest absolute Gasteiger partial charge is 0.170 e. The minimum absolute atomic E-state index is 0.0183. The lowest BCUT2D eigenvalue weighted by Crippen LogP contribution is -2.20. The van der Waals surface area contributed by atoms with E-state index in [2.05, 4.69) is 29.2 Å². The van der Waals surface area contributed by atoms with Gasteiger partial charge in [-0.2, -0.15) is 0 Å². The van der Waals surface area contributed by atoms with Crippen LogP contribution in [-0.4, -0.2) is 33.5 Å². The van der Waals surface area contributed by atoms with E-state index in [1.165, 1.54) is 5.69 Å². The molecule has 2 rings (SSSR count). The summed E-state index contributed by atoms with van der Waals surface area (Å²) >= 11 is 0. The summed E-state index contributed by atoms with van der Waals surface area (Å²) < 4.78 is 11.0. The zero-order chi connectivity index (χ0) is 11.5. The Kier molecular flexibility index (Phi) is 3.43. The summed E-state index contributed by atoms with van der Waals surface area (Å²) in [7, 11) is 4.04. The van der Waals surface area contributed by atoms with Crippen LogP contribution >= 0.6 is 0 Å². The third kappa shape index (κ3) is 2.35. The van der Waals surface area contributed by atoms with Gasteiger partial charge in [-0.3, -0.25) is 0 Å². The molecule has 2 N–H and O–H groups in total. The van der Waals surface area contributed by atoms with Crippen LogP contribution in [0.3, 0.4) is 0 Å². The average Bonchev–Trinajstić information content (AvgIpc) is 2.77. The van der Waals surface area contributed by atoms with Crippen molar-refractivity contribution in [2.24, 2.45) is 5.73 Å². The fourth-order valence-electron chi connectivity index (χ4n) is 1.74. The van der Waals surface area contributed by atoms with Crippen LogP contribution in [0.15, 0.2) is 24.3 Å². The highest BCUT2D eigenvalue weighted by Crippen LogP contribution is 2.27. The predicted molar refractivity (Wildman–Crippen MR) is 63.4 cm³/mol. The zero-order valence-corrected chi connectivity index (χ0v) is 9.72. The standard InChI is InChI=1S/C12H18N2O2/c1-14(2)10-5-3-9(4-6-10)11-8-15-12(7-13)16-11/h3-6,11-12H,7-8,13H2,1-2H3. The van der Waals surface area contributed by atoms with E-state index >= 15 is 0 Å². The number of nitrogens with two attached hydrogens (primary N) is 1. The van der Waals surface area contributed by atoms with Crippen LogP contribution in [0.2, 0.25) is 0 Å². The van der Waals surface area contributed by atoms with Gasteiger partial charge in [-0.25, -0.2) is 0 Å². The maximum absolute atomic E-state index is 5.64. The van der Waals surface area contributed by atoms with Gasteiger partial charge in [0, 0.05) is 26.3 Å². The molecular formula is C12H18N2O2. The molecule has 1 aliphatic rings. The van der Waals surface area contributed by atoms with Gasteiger partial charge in [-0.05, 0) is 17.7 Å². The molecule has 0 spiro atoms. The Labute approximate surface area is 95.9 Å². The van der Waals surface area contributed by atoms with Gasteiger partial charge in [-0.15, -0.1) is 0 Å². The van der Waals surface area contributed by atoms with Gasteiger partial charge in [0.15, 0.2) is 6.29 Å². The largest absolute Gasteiger partial charge is 0.378 e. The van der Waals surface area contributed by atoms with E-state index < -0.39 is 0 Å². The van der Waals surface area contributed by atoms with Crippen LogP contribution in [0.5, 0.6) is 0 Å². The van der Waals surface area contributed by atoms with Gasteiger partial charge in [0.2, 0.25) is 0 Å². The van der Waals surface area contributed by atoms with Crippen LogP contribution in [0, 0.1) is 0 Å². The van der Waals surface area contributed by atoms with Gasteiger partial charge in [-0.1, -0.05) is 12.1 Å². The van der Waals surface area contributed by atoms with Gasteiger partial charge < -0.3 is 20.1 Å². The van der Waals surface area contributed by atoms with Crippen molar-refractivity contribution in [3.63, 3.8) is 0 Å². The van der Waals surface area contributed by atoms with Gasteiger partial charge in [0.1, 0.15) is 6.10 Å². The highest BCUT2D eigenvalue weighted by atomic mass is 16.7. The summed E-state index contributed by atoms with van der Waals surface area (Å²) in [6.45, 7) is 0.995. The van der Waals surface area contributed by atoms with Gasteiger partial charge >= 0.3 is 0 Å². The van der Waals surface area contributed by atoms with Crippen molar-refractivity contribution in [2.45, 2.75) is 12.4 Å². The Morgan fingerprint density at radius 1 is 1.31 bits per heavy atom. The maximum Gasteiger partial charge on any atom is 0.170 e. The highest BCUT2D eigenvalue weighted by molar-refractivity contribution is 5.46. The monoisotopic (exact) mass is 222 g/mol. The molecule has 1 aromatic carbocycles. The number of hydrogen-bond donors (Lipinski definition) is 1. The summed E-state index contributed by atoms with van der Waals surface area (Å²) in [5.41, 5.74) is 7.80. The third-order valence-corrected chi connectivity index (χ3v) is 2.72. The first kappa shape index (κ1) is 11.4. The van der Waals surface area contributed by atoms with Crippen LogP contribution in [0.1, 0.15) is 11.7 Å². The molecule has 0 amide bonds. The second kappa shape index (κ2) is 4.82.